The summed E-state index contributed by atoms with van der Waals surface area (Å²) in [6.07, 6.45) is 2.21. The van der Waals surface area contributed by atoms with Gasteiger partial charge in [-0.15, -0.1) is 0 Å². The number of amides is 1. The van der Waals surface area contributed by atoms with Gasteiger partial charge in [-0.05, 0) is 37.1 Å². The van der Waals surface area contributed by atoms with Crippen LogP contribution in [0.25, 0.3) is 0 Å². The van der Waals surface area contributed by atoms with E-state index in [9.17, 15) is 13.2 Å². The number of aryl methyl sites for hydroxylation is 1. The number of hydrogen-bond acceptors (Lipinski definition) is 4. The van der Waals surface area contributed by atoms with Crippen molar-refractivity contribution in [3.8, 4) is 5.75 Å². The molecule has 1 aliphatic rings. The molecule has 0 aromatic heterocycles. The van der Waals surface area contributed by atoms with Gasteiger partial charge >= 0.3 is 0 Å². The van der Waals surface area contributed by atoms with Crippen molar-refractivity contribution in [3.63, 3.8) is 0 Å². The first-order valence-corrected chi connectivity index (χ1v) is 10.1. The van der Waals surface area contributed by atoms with Crippen LogP contribution < -0.4 is 4.74 Å². The fraction of sp³-hybridized carbons (Fsp3) is 0.562. The number of sulfonamides is 1. The van der Waals surface area contributed by atoms with Gasteiger partial charge in [0, 0.05) is 37.6 Å². The Labute approximate surface area is 148 Å². The summed E-state index contributed by atoms with van der Waals surface area (Å²) in [6, 6.07) is 5.47. The molecule has 0 unspecified atom stereocenters. The Kier molecular flexibility index (Phi) is 6.48. The molecule has 1 aromatic rings. The third-order valence-corrected chi connectivity index (χ3v) is 5.72. The van der Waals surface area contributed by atoms with Crippen LogP contribution >= 0.6 is 11.6 Å². The van der Waals surface area contributed by atoms with Crippen molar-refractivity contribution in [2.75, 3.05) is 39.0 Å². The molecule has 6 nitrogen and oxygen atoms in total. The molecular weight excluding hydrogens is 352 g/mol. The van der Waals surface area contributed by atoms with Crippen molar-refractivity contribution >= 4 is 27.5 Å². The van der Waals surface area contributed by atoms with Gasteiger partial charge in [-0.3, -0.25) is 4.79 Å². The van der Waals surface area contributed by atoms with E-state index in [-0.39, 0.29) is 5.91 Å². The largest absolute Gasteiger partial charge is 0.494 e. The van der Waals surface area contributed by atoms with Gasteiger partial charge in [-0.1, -0.05) is 11.6 Å². The molecule has 1 fully saturated rings. The van der Waals surface area contributed by atoms with E-state index in [1.165, 1.54) is 10.6 Å². The van der Waals surface area contributed by atoms with Crippen LogP contribution in [0.5, 0.6) is 5.75 Å². The normalized spacial score (nSPS) is 16.2. The quantitative estimate of drug-likeness (QED) is 0.713. The molecule has 134 valence electrons. The lowest BCUT2D eigenvalue weighted by molar-refractivity contribution is -0.132. The number of hydrogen-bond donors (Lipinski definition) is 0. The summed E-state index contributed by atoms with van der Waals surface area (Å²) < 4.78 is 29.9. The van der Waals surface area contributed by atoms with Crippen LogP contribution in [0.4, 0.5) is 0 Å². The van der Waals surface area contributed by atoms with Crippen LogP contribution in [0.1, 0.15) is 18.4 Å². The molecule has 1 aromatic carbocycles. The lowest BCUT2D eigenvalue weighted by atomic mass is 10.2. The fourth-order valence-electron chi connectivity index (χ4n) is 2.55. The fourth-order valence-corrected chi connectivity index (χ4v) is 3.49. The van der Waals surface area contributed by atoms with E-state index in [1.807, 2.05) is 19.1 Å². The van der Waals surface area contributed by atoms with Crippen molar-refractivity contribution in [2.24, 2.45) is 0 Å². The molecule has 0 radical (unpaired) electrons. The second kappa shape index (κ2) is 8.18. The highest BCUT2D eigenvalue weighted by Crippen LogP contribution is 2.21. The summed E-state index contributed by atoms with van der Waals surface area (Å²) in [4.78, 5) is 13.9. The van der Waals surface area contributed by atoms with Gasteiger partial charge in [0.25, 0.3) is 0 Å². The van der Waals surface area contributed by atoms with Crippen LogP contribution in [-0.4, -0.2) is 62.6 Å². The molecule has 0 spiro atoms. The molecule has 1 heterocycles. The Balaban J connectivity index is 1.69. The molecule has 2 rings (SSSR count). The standard InChI is InChI=1S/C16H23ClN2O4S/c1-13-12-14(5-6-15(13)17)23-11-3-4-16(20)18-7-9-19(10-8-18)24(2,21)22/h5-6,12H,3-4,7-11H2,1-2H3. The molecule has 0 saturated carbocycles. The first-order valence-electron chi connectivity index (χ1n) is 7.89. The van der Waals surface area contributed by atoms with E-state index >= 15 is 0 Å². The second-order valence-corrected chi connectivity index (χ2v) is 8.30. The van der Waals surface area contributed by atoms with Gasteiger partial charge in [0.2, 0.25) is 15.9 Å². The van der Waals surface area contributed by atoms with E-state index in [2.05, 4.69) is 0 Å². The van der Waals surface area contributed by atoms with E-state index in [0.29, 0.717) is 50.7 Å². The maximum atomic E-state index is 12.1. The highest BCUT2D eigenvalue weighted by molar-refractivity contribution is 7.88. The lowest BCUT2D eigenvalue weighted by Gasteiger charge is -2.33. The number of carbonyl (C=O) groups excluding carboxylic acids is 1. The molecule has 1 saturated heterocycles. The maximum absolute atomic E-state index is 12.1. The molecular formula is C16H23ClN2O4S. The summed E-state index contributed by atoms with van der Waals surface area (Å²) in [7, 11) is -3.17. The zero-order chi connectivity index (χ0) is 17.7. The molecule has 8 heteroatoms. The van der Waals surface area contributed by atoms with Gasteiger partial charge in [0.05, 0.1) is 12.9 Å². The predicted molar refractivity (Wildman–Crippen MR) is 93.9 cm³/mol. The molecule has 0 bridgehead atoms. The number of nitrogens with zero attached hydrogens (tertiary/aromatic N) is 2. The van der Waals surface area contributed by atoms with Crippen molar-refractivity contribution in [1.29, 1.82) is 0 Å². The van der Waals surface area contributed by atoms with E-state index in [0.717, 1.165) is 11.3 Å². The topological polar surface area (TPSA) is 66.9 Å². The maximum Gasteiger partial charge on any atom is 0.222 e. The van der Waals surface area contributed by atoms with Crippen LogP contribution in [0.15, 0.2) is 18.2 Å². The molecule has 0 aliphatic carbocycles. The number of ether oxygens (including phenoxy) is 1. The highest BCUT2D eigenvalue weighted by Gasteiger charge is 2.25. The first-order chi connectivity index (χ1) is 11.3. The minimum atomic E-state index is -3.17. The minimum absolute atomic E-state index is 0.0408. The van der Waals surface area contributed by atoms with E-state index in [1.54, 1.807) is 11.0 Å². The highest BCUT2D eigenvalue weighted by atomic mass is 35.5. The Bertz CT molecular complexity index is 685. The summed E-state index contributed by atoms with van der Waals surface area (Å²) in [5.74, 6) is 0.783. The Morgan fingerprint density at radius 2 is 1.92 bits per heavy atom. The Hall–Kier alpha value is -1.31. The first kappa shape index (κ1) is 19.0. The number of benzene rings is 1. The van der Waals surface area contributed by atoms with Gasteiger partial charge in [0.1, 0.15) is 5.75 Å². The lowest BCUT2D eigenvalue weighted by Crippen LogP contribution is -2.50. The number of piperazine rings is 1. The van der Waals surface area contributed by atoms with Crippen molar-refractivity contribution < 1.29 is 17.9 Å². The second-order valence-electron chi connectivity index (χ2n) is 5.91. The molecule has 0 N–H and O–H groups in total. The average Bonchev–Trinajstić information content (AvgIpc) is 2.54. The third kappa shape index (κ3) is 5.36. The van der Waals surface area contributed by atoms with Crippen LogP contribution in [-0.2, 0) is 14.8 Å². The summed E-state index contributed by atoms with van der Waals surface area (Å²) in [5.41, 5.74) is 0.953. The summed E-state index contributed by atoms with van der Waals surface area (Å²) >= 11 is 5.96. The van der Waals surface area contributed by atoms with E-state index < -0.39 is 10.0 Å². The van der Waals surface area contributed by atoms with Gasteiger partial charge < -0.3 is 9.64 Å². The van der Waals surface area contributed by atoms with Crippen molar-refractivity contribution in [1.82, 2.24) is 9.21 Å². The third-order valence-electron chi connectivity index (χ3n) is 3.99. The monoisotopic (exact) mass is 374 g/mol. The number of carbonyl (C=O) groups is 1. The molecule has 24 heavy (non-hydrogen) atoms. The van der Waals surface area contributed by atoms with E-state index in [4.69, 9.17) is 16.3 Å². The van der Waals surface area contributed by atoms with Crippen LogP contribution in [0.3, 0.4) is 0 Å². The predicted octanol–water partition coefficient (Wildman–Crippen LogP) is 1.91. The average molecular weight is 375 g/mol. The molecule has 1 amide bonds. The number of halogens is 1. The smallest absolute Gasteiger partial charge is 0.222 e. The van der Waals surface area contributed by atoms with Crippen molar-refractivity contribution in [2.45, 2.75) is 19.8 Å². The number of rotatable bonds is 6. The van der Waals surface area contributed by atoms with Gasteiger partial charge in [-0.25, -0.2) is 8.42 Å². The van der Waals surface area contributed by atoms with Crippen molar-refractivity contribution in [3.05, 3.63) is 28.8 Å². The molecule has 1 aliphatic heterocycles. The van der Waals surface area contributed by atoms with Gasteiger partial charge in [-0.2, -0.15) is 4.31 Å². The zero-order valence-corrected chi connectivity index (χ0v) is 15.6. The summed E-state index contributed by atoms with van der Waals surface area (Å²) in [5, 5.41) is 0.700. The van der Waals surface area contributed by atoms with Gasteiger partial charge in [0.15, 0.2) is 0 Å². The zero-order valence-electron chi connectivity index (χ0n) is 14.0. The SMILES string of the molecule is Cc1cc(OCCCC(=O)N2CCN(S(C)(=O)=O)CC2)ccc1Cl. The Morgan fingerprint density at radius 1 is 1.25 bits per heavy atom. The minimum Gasteiger partial charge on any atom is -0.494 e. The van der Waals surface area contributed by atoms with Crippen LogP contribution in [0, 0.1) is 6.92 Å². The molecule has 0 atom stereocenters. The van der Waals surface area contributed by atoms with Crippen LogP contribution in [0.2, 0.25) is 5.02 Å². The Morgan fingerprint density at radius 3 is 2.50 bits per heavy atom. The summed E-state index contributed by atoms with van der Waals surface area (Å²) in [6.45, 7) is 3.99.